The van der Waals surface area contributed by atoms with E-state index in [9.17, 15) is 8.78 Å². The zero-order valence-corrected chi connectivity index (χ0v) is 15.8. The van der Waals surface area contributed by atoms with Gasteiger partial charge >= 0.3 is 0 Å². The Morgan fingerprint density at radius 1 is 1.07 bits per heavy atom. The molecule has 0 aliphatic heterocycles. The molecule has 0 N–H and O–H groups in total. The van der Waals surface area contributed by atoms with Gasteiger partial charge in [0.15, 0.2) is 0 Å². The molecule has 0 heterocycles. The van der Waals surface area contributed by atoms with Gasteiger partial charge in [0, 0.05) is 5.56 Å². The highest BCUT2D eigenvalue weighted by atomic mass is 19.1. The predicted molar refractivity (Wildman–Crippen MR) is 103 cm³/mol. The molecule has 1 saturated carbocycles. The Kier molecular flexibility index (Phi) is 5.00. The summed E-state index contributed by atoms with van der Waals surface area (Å²) in [6.07, 6.45) is 8.39. The fraction of sp³-hybridized carbons (Fsp3) is 0.458. The Bertz CT molecular complexity index is 896. The second kappa shape index (κ2) is 7.43. The summed E-state index contributed by atoms with van der Waals surface area (Å²) in [5.74, 6) is 1.11. The van der Waals surface area contributed by atoms with Crippen LogP contribution in [-0.2, 0) is 6.42 Å². The Labute approximate surface area is 160 Å². The van der Waals surface area contributed by atoms with Crippen molar-refractivity contribution in [3.63, 3.8) is 0 Å². The first-order chi connectivity index (χ1) is 13.1. The van der Waals surface area contributed by atoms with Crippen LogP contribution in [0.5, 0.6) is 0 Å². The quantitative estimate of drug-likeness (QED) is 0.590. The number of fused-ring (bicyclic) bond motifs is 3. The number of benzene rings is 2. The lowest BCUT2D eigenvalue weighted by molar-refractivity contribution is 0.201. The van der Waals surface area contributed by atoms with Crippen molar-refractivity contribution >= 4 is 0 Å². The van der Waals surface area contributed by atoms with Crippen LogP contribution in [0.1, 0.15) is 68.1 Å². The second-order valence-electron chi connectivity index (χ2n) is 8.21. The van der Waals surface area contributed by atoms with Crippen LogP contribution in [0.3, 0.4) is 0 Å². The van der Waals surface area contributed by atoms with Crippen molar-refractivity contribution in [1.82, 2.24) is 0 Å². The Balaban J connectivity index is 1.65. The van der Waals surface area contributed by atoms with E-state index in [1.807, 2.05) is 12.1 Å². The van der Waals surface area contributed by atoms with Crippen LogP contribution in [-0.4, -0.2) is 0 Å². The molecule has 0 bridgehead atoms. The zero-order chi connectivity index (χ0) is 19.0. The number of hydrogen-bond donors (Lipinski definition) is 0. The summed E-state index contributed by atoms with van der Waals surface area (Å²) < 4.78 is 28.9. The van der Waals surface area contributed by atoms with Crippen molar-refractivity contribution in [1.29, 1.82) is 5.26 Å². The molecule has 27 heavy (non-hydrogen) atoms. The largest absolute Gasteiger partial charge is 0.206 e. The molecule has 0 radical (unpaired) electrons. The number of aryl methyl sites for hydroxylation is 1. The van der Waals surface area contributed by atoms with E-state index in [2.05, 4.69) is 6.92 Å². The maximum absolute atomic E-state index is 14.9. The molecule has 2 aliphatic rings. The van der Waals surface area contributed by atoms with Crippen LogP contribution in [0, 0.1) is 34.8 Å². The van der Waals surface area contributed by atoms with Crippen LogP contribution in [0.4, 0.5) is 8.78 Å². The maximum Gasteiger partial charge on any atom is 0.141 e. The lowest BCUT2D eigenvalue weighted by Crippen LogP contribution is -2.28. The molecule has 0 spiro atoms. The van der Waals surface area contributed by atoms with E-state index in [4.69, 9.17) is 5.26 Å². The lowest BCUT2D eigenvalue weighted by Gasteiger charge is -2.41. The first-order valence-corrected chi connectivity index (χ1v) is 10.1. The van der Waals surface area contributed by atoms with Gasteiger partial charge in [-0.1, -0.05) is 25.8 Å². The molecule has 3 heteroatoms. The van der Waals surface area contributed by atoms with Gasteiger partial charge in [-0.15, -0.1) is 0 Å². The molecule has 140 valence electrons. The van der Waals surface area contributed by atoms with E-state index in [0.29, 0.717) is 23.0 Å². The summed E-state index contributed by atoms with van der Waals surface area (Å²) in [5, 5.41) is 8.89. The van der Waals surface area contributed by atoms with E-state index in [-0.39, 0.29) is 11.4 Å². The van der Waals surface area contributed by atoms with Crippen molar-refractivity contribution in [3.05, 3.63) is 58.7 Å². The van der Waals surface area contributed by atoms with Crippen molar-refractivity contribution in [2.24, 2.45) is 11.8 Å². The molecular formula is C24H25F2N. The van der Waals surface area contributed by atoms with Crippen molar-refractivity contribution < 1.29 is 8.78 Å². The third kappa shape index (κ3) is 3.38. The Morgan fingerprint density at radius 2 is 1.93 bits per heavy atom. The molecule has 3 unspecified atom stereocenters. The summed E-state index contributed by atoms with van der Waals surface area (Å²) in [6, 6.07) is 9.76. The molecular weight excluding hydrogens is 340 g/mol. The van der Waals surface area contributed by atoms with E-state index < -0.39 is 5.82 Å². The van der Waals surface area contributed by atoms with Gasteiger partial charge in [-0.05, 0) is 90.8 Å². The highest BCUT2D eigenvalue weighted by Crippen LogP contribution is 2.48. The predicted octanol–water partition coefficient (Wildman–Crippen LogP) is 6.75. The van der Waals surface area contributed by atoms with Crippen molar-refractivity contribution in [3.8, 4) is 17.2 Å². The molecule has 1 fully saturated rings. The first kappa shape index (κ1) is 18.2. The average Bonchev–Trinajstić information content (AvgIpc) is 2.67. The molecule has 1 nitrogen and oxygen atoms in total. The summed E-state index contributed by atoms with van der Waals surface area (Å²) in [7, 11) is 0. The van der Waals surface area contributed by atoms with Crippen LogP contribution in [0.15, 0.2) is 30.3 Å². The fourth-order valence-corrected chi connectivity index (χ4v) is 5.29. The minimum Gasteiger partial charge on any atom is -0.206 e. The van der Waals surface area contributed by atoms with Gasteiger partial charge in [-0.25, -0.2) is 8.78 Å². The lowest BCUT2D eigenvalue weighted by atomic mass is 9.64. The minimum absolute atomic E-state index is 0.0104. The van der Waals surface area contributed by atoms with Gasteiger partial charge in [0.1, 0.15) is 17.7 Å². The Hall–Kier alpha value is -2.21. The minimum atomic E-state index is -0.596. The summed E-state index contributed by atoms with van der Waals surface area (Å²) >= 11 is 0. The van der Waals surface area contributed by atoms with E-state index in [1.54, 1.807) is 12.1 Å². The molecule has 4 rings (SSSR count). The van der Waals surface area contributed by atoms with E-state index >= 15 is 0 Å². The normalized spacial score (nSPS) is 24.0. The number of nitriles is 1. The molecule has 3 atom stereocenters. The third-order valence-electron chi connectivity index (χ3n) is 6.60. The SMILES string of the molecule is CCCC1CCC2c3cc(F)c(-c4ccc(C#N)c(F)c4)cc3CCC2C1. The molecule has 2 aromatic rings. The zero-order valence-electron chi connectivity index (χ0n) is 15.8. The maximum atomic E-state index is 14.9. The highest BCUT2D eigenvalue weighted by Gasteiger charge is 2.35. The molecule has 2 aliphatic carbocycles. The number of hydrogen-bond acceptors (Lipinski definition) is 1. The molecule has 2 aromatic carbocycles. The van der Waals surface area contributed by atoms with Crippen molar-refractivity contribution in [2.75, 3.05) is 0 Å². The van der Waals surface area contributed by atoms with Crippen LogP contribution >= 0.6 is 0 Å². The topological polar surface area (TPSA) is 23.8 Å². The van der Waals surface area contributed by atoms with Gasteiger partial charge in [-0.3, -0.25) is 0 Å². The van der Waals surface area contributed by atoms with Crippen LogP contribution < -0.4 is 0 Å². The fourth-order valence-electron chi connectivity index (χ4n) is 5.29. The highest BCUT2D eigenvalue weighted by molar-refractivity contribution is 5.67. The van der Waals surface area contributed by atoms with Crippen LogP contribution in [0.2, 0.25) is 0 Å². The number of rotatable bonds is 3. The van der Waals surface area contributed by atoms with Gasteiger partial charge in [0.05, 0.1) is 5.56 Å². The smallest absolute Gasteiger partial charge is 0.141 e. The summed E-state index contributed by atoms with van der Waals surface area (Å²) in [4.78, 5) is 0. The van der Waals surface area contributed by atoms with Gasteiger partial charge in [-0.2, -0.15) is 5.26 Å². The van der Waals surface area contributed by atoms with E-state index in [0.717, 1.165) is 18.8 Å². The number of nitrogens with zero attached hydrogens (tertiary/aromatic N) is 1. The monoisotopic (exact) mass is 365 g/mol. The van der Waals surface area contributed by atoms with Crippen LogP contribution in [0.25, 0.3) is 11.1 Å². The van der Waals surface area contributed by atoms with Crippen molar-refractivity contribution in [2.45, 2.75) is 57.8 Å². The average molecular weight is 365 g/mol. The first-order valence-electron chi connectivity index (χ1n) is 10.1. The van der Waals surface area contributed by atoms with Gasteiger partial charge < -0.3 is 0 Å². The Morgan fingerprint density at radius 3 is 2.67 bits per heavy atom. The molecule has 0 amide bonds. The molecule has 0 saturated heterocycles. The van der Waals surface area contributed by atoms with E-state index in [1.165, 1.54) is 55.4 Å². The number of halogens is 2. The third-order valence-corrected chi connectivity index (χ3v) is 6.60. The van der Waals surface area contributed by atoms with Gasteiger partial charge in [0.2, 0.25) is 0 Å². The summed E-state index contributed by atoms with van der Waals surface area (Å²) in [5.41, 5.74) is 3.32. The second-order valence-corrected chi connectivity index (χ2v) is 8.21. The summed E-state index contributed by atoms with van der Waals surface area (Å²) in [6.45, 7) is 2.26. The molecule has 0 aromatic heterocycles. The standard InChI is InChI=1S/C24H25F2N/c1-2-3-15-4-9-20-16(10-15)5-6-17-11-22(24(26)13-21(17)20)18-7-8-19(14-27)23(25)12-18/h7-8,11-13,15-16,20H,2-6,9-10H2,1H3. The van der Waals surface area contributed by atoms with Gasteiger partial charge in [0.25, 0.3) is 0 Å².